The Morgan fingerprint density at radius 1 is 1.28 bits per heavy atom. The fraction of sp³-hybridized carbons (Fsp3) is 0.300. The highest BCUT2D eigenvalue weighted by Crippen LogP contribution is 2.34. The van der Waals surface area contributed by atoms with Gasteiger partial charge in [-0.1, -0.05) is 18.2 Å². The molecule has 1 aliphatic carbocycles. The molecule has 1 amide bonds. The second-order valence-corrected chi connectivity index (χ2v) is 6.48. The molecule has 25 heavy (non-hydrogen) atoms. The topological polar surface area (TPSA) is 75.4 Å². The Bertz CT molecular complexity index is 885. The molecule has 1 fully saturated rings. The maximum Gasteiger partial charge on any atom is 0.252 e. The maximum absolute atomic E-state index is 12.9. The van der Waals surface area contributed by atoms with Crippen molar-refractivity contribution in [3.05, 3.63) is 54.3 Å². The Hall–Kier alpha value is -2.66. The molecule has 5 nitrogen and oxygen atoms in total. The van der Waals surface area contributed by atoms with Gasteiger partial charge in [0.05, 0.1) is 17.3 Å². The standard InChI is InChI=1S/C20H20N2O3/c23-10-9-16(13-7-8-13)22-20(24)15-12-18(19-6-3-11-25-19)21-17-5-2-1-4-14(15)17/h1-6,11-13,16,23H,7-10H2,(H,22,24). The number of benzene rings is 1. The number of para-hydroxylation sites is 1. The molecule has 5 heteroatoms. The third kappa shape index (κ3) is 3.28. The van der Waals surface area contributed by atoms with Crippen LogP contribution in [-0.2, 0) is 0 Å². The number of rotatable bonds is 6. The molecule has 4 rings (SSSR count). The van der Waals surface area contributed by atoms with Gasteiger partial charge in [0.15, 0.2) is 5.76 Å². The van der Waals surface area contributed by atoms with Crippen LogP contribution in [0.3, 0.4) is 0 Å². The quantitative estimate of drug-likeness (QED) is 0.723. The van der Waals surface area contributed by atoms with Crippen LogP contribution in [0.5, 0.6) is 0 Å². The SMILES string of the molecule is O=C(NC(CCO)C1CC1)c1cc(-c2ccco2)nc2ccccc12. The summed E-state index contributed by atoms with van der Waals surface area (Å²) in [5.41, 5.74) is 1.98. The van der Waals surface area contributed by atoms with Gasteiger partial charge in [-0.2, -0.15) is 0 Å². The number of hydrogen-bond acceptors (Lipinski definition) is 4. The van der Waals surface area contributed by atoms with Crippen molar-refractivity contribution in [2.45, 2.75) is 25.3 Å². The molecule has 1 aromatic carbocycles. The summed E-state index contributed by atoms with van der Waals surface area (Å²) in [7, 11) is 0. The largest absolute Gasteiger partial charge is 0.463 e. The van der Waals surface area contributed by atoms with Gasteiger partial charge in [-0.05, 0) is 49.4 Å². The average Bonchev–Trinajstić information content (AvgIpc) is 3.34. The van der Waals surface area contributed by atoms with Crippen LogP contribution in [0, 0.1) is 5.92 Å². The van der Waals surface area contributed by atoms with Crippen LogP contribution < -0.4 is 5.32 Å². The minimum absolute atomic E-state index is 0.0245. The van der Waals surface area contributed by atoms with Crippen molar-refractivity contribution in [2.75, 3.05) is 6.61 Å². The van der Waals surface area contributed by atoms with Gasteiger partial charge in [0.25, 0.3) is 5.91 Å². The first-order valence-electron chi connectivity index (χ1n) is 8.61. The molecule has 2 heterocycles. The average molecular weight is 336 g/mol. The molecular formula is C20H20N2O3. The molecule has 1 unspecified atom stereocenters. The van der Waals surface area contributed by atoms with E-state index >= 15 is 0 Å². The number of furan rings is 1. The lowest BCUT2D eigenvalue weighted by molar-refractivity contribution is 0.0926. The summed E-state index contributed by atoms with van der Waals surface area (Å²) in [5, 5.41) is 13.2. The van der Waals surface area contributed by atoms with Gasteiger partial charge >= 0.3 is 0 Å². The third-order valence-electron chi connectivity index (χ3n) is 4.68. The van der Waals surface area contributed by atoms with Crippen LogP contribution >= 0.6 is 0 Å². The Balaban J connectivity index is 1.73. The van der Waals surface area contributed by atoms with Gasteiger partial charge < -0.3 is 14.8 Å². The number of carbonyl (C=O) groups is 1. The van der Waals surface area contributed by atoms with Crippen LogP contribution in [0.1, 0.15) is 29.6 Å². The van der Waals surface area contributed by atoms with E-state index in [9.17, 15) is 9.90 Å². The first kappa shape index (κ1) is 15.8. The Morgan fingerprint density at radius 2 is 2.12 bits per heavy atom. The summed E-state index contributed by atoms with van der Waals surface area (Å²) < 4.78 is 5.44. The van der Waals surface area contributed by atoms with Crippen molar-refractivity contribution in [1.29, 1.82) is 0 Å². The van der Waals surface area contributed by atoms with Crippen molar-refractivity contribution in [2.24, 2.45) is 5.92 Å². The van der Waals surface area contributed by atoms with E-state index in [1.165, 1.54) is 0 Å². The van der Waals surface area contributed by atoms with Crippen LogP contribution in [-0.4, -0.2) is 28.6 Å². The van der Waals surface area contributed by atoms with E-state index in [-0.39, 0.29) is 18.6 Å². The number of carbonyl (C=O) groups excluding carboxylic acids is 1. The highest BCUT2D eigenvalue weighted by atomic mass is 16.3. The van der Waals surface area contributed by atoms with Crippen molar-refractivity contribution < 1.29 is 14.3 Å². The third-order valence-corrected chi connectivity index (χ3v) is 4.68. The fourth-order valence-corrected chi connectivity index (χ4v) is 3.22. The zero-order valence-electron chi connectivity index (χ0n) is 13.8. The van der Waals surface area contributed by atoms with Gasteiger partial charge in [-0.15, -0.1) is 0 Å². The van der Waals surface area contributed by atoms with E-state index in [1.54, 1.807) is 18.4 Å². The smallest absolute Gasteiger partial charge is 0.252 e. The number of nitrogens with zero attached hydrogens (tertiary/aromatic N) is 1. The van der Waals surface area contributed by atoms with Crippen molar-refractivity contribution in [3.63, 3.8) is 0 Å². The van der Waals surface area contributed by atoms with Crippen molar-refractivity contribution in [3.8, 4) is 11.5 Å². The number of nitrogens with one attached hydrogen (secondary N) is 1. The van der Waals surface area contributed by atoms with Crippen molar-refractivity contribution >= 4 is 16.8 Å². The van der Waals surface area contributed by atoms with Crippen LogP contribution in [0.2, 0.25) is 0 Å². The summed E-state index contributed by atoms with van der Waals surface area (Å²) >= 11 is 0. The predicted octanol–water partition coefficient (Wildman–Crippen LogP) is 3.39. The van der Waals surface area contributed by atoms with Crippen molar-refractivity contribution in [1.82, 2.24) is 10.3 Å². The van der Waals surface area contributed by atoms with Crippen LogP contribution in [0.25, 0.3) is 22.4 Å². The molecule has 1 aliphatic rings. The highest BCUT2D eigenvalue weighted by Gasteiger charge is 2.32. The Morgan fingerprint density at radius 3 is 2.84 bits per heavy atom. The number of aromatic nitrogens is 1. The molecule has 0 radical (unpaired) electrons. The van der Waals surface area contributed by atoms with Gasteiger partial charge in [0.2, 0.25) is 0 Å². The number of pyridine rings is 1. The first-order chi connectivity index (χ1) is 12.3. The molecule has 128 valence electrons. The second kappa shape index (κ2) is 6.69. The van der Waals surface area contributed by atoms with E-state index < -0.39 is 0 Å². The van der Waals surface area contributed by atoms with E-state index in [2.05, 4.69) is 10.3 Å². The lowest BCUT2D eigenvalue weighted by Crippen LogP contribution is -2.37. The van der Waals surface area contributed by atoms with E-state index in [0.717, 1.165) is 23.7 Å². The molecule has 2 aromatic heterocycles. The van der Waals surface area contributed by atoms with E-state index in [0.29, 0.717) is 29.4 Å². The molecule has 2 N–H and O–H groups in total. The molecule has 1 atom stereocenters. The van der Waals surface area contributed by atoms with E-state index in [1.807, 2.05) is 30.3 Å². The maximum atomic E-state index is 12.9. The first-order valence-corrected chi connectivity index (χ1v) is 8.61. The zero-order valence-corrected chi connectivity index (χ0v) is 13.8. The molecule has 0 spiro atoms. The number of aliphatic hydroxyl groups is 1. The molecule has 0 aliphatic heterocycles. The van der Waals surface area contributed by atoms with Gasteiger partial charge in [-0.25, -0.2) is 4.98 Å². The molecule has 0 saturated heterocycles. The van der Waals surface area contributed by atoms with Gasteiger partial charge in [-0.3, -0.25) is 4.79 Å². The number of aliphatic hydroxyl groups excluding tert-OH is 1. The van der Waals surface area contributed by atoms with E-state index in [4.69, 9.17) is 4.42 Å². The predicted molar refractivity (Wildman–Crippen MR) is 95.1 cm³/mol. The summed E-state index contributed by atoms with van der Waals surface area (Å²) in [4.78, 5) is 17.6. The molecule has 0 bridgehead atoms. The highest BCUT2D eigenvalue weighted by molar-refractivity contribution is 6.07. The summed E-state index contributed by atoms with van der Waals surface area (Å²) in [6, 6.07) is 13.0. The number of hydrogen-bond donors (Lipinski definition) is 2. The molecule has 3 aromatic rings. The van der Waals surface area contributed by atoms with Crippen LogP contribution in [0.4, 0.5) is 0 Å². The Kier molecular flexibility index (Phi) is 4.24. The summed E-state index contributed by atoms with van der Waals surface area (Å²) in [5.74, 6) is 0.986. The molecule has 1 saturated carbocycles. The van der Waals surface area contributed by atoms with Gasteiger partial charge in [0, 0.05) is 18.0 Å². The minimum Gasteiger partial charge on any atom is -0.463 e. The normalized spacial score (nSPS) is 15.2. The summed E-state index contributed by atoms with van der Waals surface area (Å²) in [6.07, 6.45) is 4.40. The minimum atomic E-state index is -0.128. The fourth-order valence-electron chi connectivity index (χ4n) is 3.22. The monoisotopic (exact) mass is 336 g/mol. The number of amides is 1. The van der Waals surface area contributed by atoms with Crippen LogP contribution in [0.15, 0.2) is 53.1 Å². The lowest BCUT2D eigenvalue weighted by atomic mass is 10.0. The second-order valence-electron chi connectivity index (χ2n) is 6.48. The zero-order chi connectivity index (χ0) is 17.2. The lowest BCUT2D eigenvalue weighted by Gasteiger charge is -2.18. The van der Waals surface area contributed by atoms with Gasteiger partial charge in [0.1, 0.15) is 5.69 Å². The summed E-state index contributed by atoms with van der Waals surface area (Å²) in [6.45, 7) is 0.0795. The molecular weight excluding hydrogens is 316 g/mol. The Labute approximate surface area is 145 Å². The number of fused-ring (bicyclic) bond motifs is 1.